The highest BCUT2D eigenvalue weighted by Crippen LogP contribution is 2.50. The van der Waals surface area contributed by atoms with Crippen molar-refractivity contribution in [3.8, 4) is 0 Å². The molecular formula is C29H29N5O3S. The molecule has 1 aliphatic carbocycles. The van der Waals surface area contributed by atoms with Gasteiger partial charge in [0.15, 0.2) is 0 Å². The van der Waals surface area contributed by atoms with Crippen molar-refractivity contribution in [1.82, 2.24) is 20.7 Å². The minimum atomic E-state index is -0.778. The Morgan fingerprint density at radius 2 is 1.76 bits per heavy atom. The van der Waals surface area contributed by atoms with E-state index in [1.165, 1.54) is 0 Å². The van der Waals surface area contributed by atoms with Crippen molar-refractivity contribution in [2.24, 2.45) is 10.8 Å². The Kier molecular flexibility index (Phi) is 7.05. The van der Waals surface area contributed by atoms with Gasteiger partial charge in [0.1, 0.15) is 0 Å². The third kappa shape index (κ3) is 5.20. The average Bonchev–Trinajstić information content (AvgIpc) is 3.49. The number of aromatic nitrogens is 3. The molecule has 9 heteroatoms. The van der Waals surface area contributed by atoms with E-state index < -0.39 is 16.7 Å². The maximum absolute atomic E-state index is 13.3. The standard InChI is InChI=1S/C29H29N5O3S/c1-28(14-15-29(2,18-28)27(36)34-37)26(35)31-23-8-3-4-9-25(23)38-20-11-12-21-22(32-33-24(21)17-20)13-10-19-7-5-6-16-30-19/h3-13,16-17,37H,14-15,18H2,1-2H3,(H,31,35)(H,32,33)(H,34,36)/b13-10+. The van der Waals surface area contributed by atoms with E-state index in [2.05, 4.69) is 20.5 Å². The van der Waals surface area contributed by atoms with E-state index >= 15 is 0 Å². The Balaban J connectivity index is 1.32. The predicted octanol–water partition coefficient (Wildman–Crippen LogP) is 5.92. The summed E-state index contributed by atoms with van der Waals surface area (Å²) in [5.74, 6) is -0.581. The zero-order valence-electron chi connectivity index (χ0n) is 21.2. The molecule has 2 unspecified atom stereocenters. The zero-order chi connectivity index (χ0) is 26.8. The first-order chi connectivity index (χ1) is 18.3. The number of para-hydroxylation sites is 1. The predicted molar refractivity (Wildman–Crippen MR) is 148 cm³/mol. The van der Waals surface area contributed by atoms with E-state index in [1.54, 1.807) is 30.4 Å². The molecular weight excluding hydrogens is 498 g/mol. The normalized spacial score (nSPS) is 21.1. The largest absolute Gasteiger partial charge is 0.325 e. The number of fused-ring (bicyclic) bond motifs is 1. The van der Waals surface area contributed by atoms with Gasteiger partial charge in [-0.05, 0) is 73.9 Å². The second kappa shape index (κ2) is 10.4. The highest BCUT2D eigenvalue weighted by Gasteiger charge is 2.50. The van der Waals surface area contributed by atoms with Crippen molar-refractivity contribution in [3.05, 3.63) is 78.2 Å². The van der Waals surface area contributed by atoms with Gasteiger partial charge in [0.05, 0.1) is 22.6 Å². The number of hydrogen-bond donors (Lipinski definition) is 4. The number of pyridine rings is 1. The lowest BCUT2D eigenvalue weighted by Gasteiger charge is -2.27. The number of benzene rings is 2. The summed E-state index contributed by atoms with van der Waals surface area (Å²) in [5.41, 5.74) is 3.59. The molecule has 2 aromatic heterocycles. The fourth-order valence-corrected chi connectivity index (χ4v) is 5.96. The van der Waals surface area contributed by atoms with E-state index in [9.17, 15) is 9.59 Å². The van der Waals surface area contributed by atoms with Crippen molar-refractivity contribution in [1.29, 1.82) is 0 Å². The Bertz CT molecular complexity index is 1520. The van der Waals surface area contributed by atoms with Gasteiger partial charge in [-0.1, -0.05) is 43.8 Å². The summed E-state index contributed by atoms with van der Waals surface area (Å²) in [4.78, 5) is 31.7. The molecule has 2 amide bonds. The van der Waals surface area contributed by atoms with E-state index in [1.807, 2.05) is 79.7 Å². The number of hydrogen-bond acceptors (Lipinski definition) is 6. The van der Waals surface area contributed by atoms with Crippen LogP contribution in [0.3, 0.4) is 0 Å². The van der Waals surface area contributed by atoms with Crippen molar-refractivity contribution < 1.29 is 14.8 Å². The maximum atomic E-state index is 13.3. The molecule has 0 spiro atoms. The summed E-state index contributed by atoms with van der Waals surface area (Å²) in [6, 6.07) is 19.6. The number of amides is 2. The van der Waals surface area contributed by atoms with Crippen molar-refractivity contribution in [2.45, 2.75) is 42.9 Å². The number of carbonyl (C=O) groups is 2. The fraction of sp³-hybridized carbons (Fsp3) is 0.241. The van der Waals surface area contributed by atoms with Crippen LogP contribution in [-0.2, 0) is 9.59 Å². The van der Waals surface area contributed by atoms with Crippen LogP contribution in [0.15, 0.2) is 76.7 Å². The van der Waals surface area contributed by atoms with Gasteiger partial charge >= 0.3 is 0 Å². The number of H-pyrrole nitrogens is 1. The second-order valence-electron chi connectivity index (χ2n) is 10.2. The molecule has 0 aliphatic heterocycles. The molecule has 1 saturated carbocycles. The summed E-state index contributed by atoms with van der Waals surface area (Å²) < 4.78 is 0. The van der Waals surface area contributed by atoms with Crippen LogP contribution in [0.25, 0.3) is 23.1 Å². The van der Waals surface area contributed by atoms with Crippen LogP contribution in [0.5, 0.6) is 0 Å². The average molecular weight is 528 g/mol. The van der Waals surface area contributed by atoms with Crippen LogP contribution in [0.2, 0.25) is 0 Å². The smallest absolute Gasteiger partial charge is 0.249 e. The minimum Gasteiger partial charge on any atom is -0.325 e. The lowest BCUT2D eigenvalue weighted by Crippen LogP contribution is -2.38. The second-order valence-corrected chi connectivity index (χ2v) is 11.3. The van der Waals surface area contributed by atoms with Gasteiger partial charge in [0, 0.05) is 32.2 Å². The number of hydroxylamine groups is 1. The lowest BCUT2D eigenvalue weighted by molar-refractivity contribution is -0.139. The molecule has 4 aromatic rings. The Morgan fingerprint density at radius 1 is 1.00 bits per heavy atom. The molecule has 1 aliphatic rings. The number of carbonyl (C=O) groups excluding carboxylic acids is 2. The molecule has 2 aromatic carbocycles. The molecule has 0 saturated heterocycles. The van der Waals surface area contributed by atoms with Crippen molar-refractivity contribution in [3.63, 3.8) is 0 Å². The number of nitrogens with zero attached hydrogens (tertiary/aromatic N) is 2. The number of rotatable bonds is 7. The van der Waals surface area contributed by atoms with Gasteiger partial charge in [-0.25, -0.2) is 5.48 Å². The fourth-order valence-electron chi connectivity index (χ4n) is 5.02. The topological polar surface area (TPSA) is 120 Å². The Morgan fingerprint density at radius 3 is 2.53 bits per heavy atom. The summed E-state index contributed by atoms with van der Waals surface area (Å²) in [7, 11) is 0. The molecule has 0 radical (unpaired) electrons. The van der Waals surface area contributed by atoms with Crippen LogP contribution in [-0.4, -0.2) is 32.2 Å². The molecule has 2 heterocycles. The lowest BCUT2D eigenvalue weighted by atomic mass is 9.80. The minimum absolute atomic E-state index is 0.131. The van der Waals surface area contributed by atoms with Crippen molar-refractivity contribution in [2.75, 3.05) is 5.32 Å². The summed E-state index contributed by atoms with van der Waals surface area (Å²) in [5, 5.41) is 20.8. The summed E-state index contributed by atoms with van der Waals surface area (Å²) in [6.45, 7) is 3.66. The van der Waals surface area contributed by atoms with Gasteiger partial charge < -0.3 is 5.32 Å². The van der Waals surface area contributed by atoms with Crippen LogP contribution in [0.1, 0.15) is 44.5 Å². The molecule has 38 heavy (non-hydrogen) atoms. The molecule has 2 atom stereocenters. The Hall–Kier alpha value is -3.95. The van der Waals surface area contributed by atoms with Crippen LogP contribution < -0.4 is 10.8 Å². The number of nitrogens with one attached hydrogen (secondary N) is 3. The van der Waals surface area contributed by atoms with E-state index in [4.69, 9.17) is 5.21 Å². The molecule has 8 nitrogen and oxygen atoms in total. The van der Waals surface area contributed by atoms with Gasteiger partial charge in [-0.15, -0.1) is 0 Å². The van der Waals surface area contributed by atoms with Crippen molar-refractivity contribution >= 4 is 52.3 Å². The van der Waals surface area contributed by atoms with E-state index in [0.717, 1.165) is 32.1 Å². The highest BCUT2D eigenvalue weighted by molar-refractivity contribution is 7.99. The van der Waals surface area contributed by atoms with Crippen LogP contribution in [0.4, 0.5) is 5.69 Å². The summed E-state index contributed by atoms with van der Waals surface area (Å²) in [6.07, 6.45) is 7.08. The van der Waals surface area contributed by atoms with Crippen LogP contribution in [0, 0.1) is 10.8 Å². The van der Waals surface area contributed by atoms with Gasteiger partial charge in [0.25, 0.3) is 0 Å². The molecule has 5 rings (SSSR count). The third-order valence-electron chi connectivity index (χ3n) is 7.23. The Labute approximate surface area is 224 Å². The first kappa shape index (κ1) is 25.7. The quantitative estimate of drug-likeness (QED) is 0.175. The molecule has 1 fully saturated rings. The van der Waals surface area contributed by atoms with E-state index in [0.29, 0.717) is 24.9 Å². The molecule has 4 N–H and O–H groups in total. The number of anilines is 1. The van der Waals surface area contributed by atoms with Crippen LogP contribution >= 0.6 is 11.8 Å². The monoisotopic (exact) mass is 527 g/mol. The number of aromatic amines is 1. The molecule has 194 valence electrons. The first-order valence-electron chi connectivity index (χ1n) is 12.4. The van der Waals surface area contributed by atoms with E-state index in [-0.39, 0.29) is 5.91 Å². The van der Waals surface area contributed by atoms with Gasteiger partial charge in [-0.3, -0.25) is 24.9 Å². The van der Waals surface area contributed by atoms with Gasteiger partial charge in [-0.2, -0.15) is 5.10 Å². The third-order valence-corrected chi connectivity index (χ3v) is 8.30. The maximum Gasteiger partial charge on any atom is 0.249 e. The SMILES string of the molecule is CC1(C(=O)NO)CCC(C)(C(=O)Nc2ccccc2Sc2ccc3c(/C=C/c4ccccn4)n[nH]c3c2)C1. The highest BCUT2D eigenvalue weighted by atomic mass is 32.2. The first-order valence-corrected chi connectivity index (χ1v) is 13.2. The molecule has 0 bridgehead atoms. The summed E-state index contributed by atoms with van der Waals surface area (Å²) >= 11 is 1.55. The van der Waals surface area contributed by atoms with Gasteiger partial charge in [0.2, 0.25) is 11.8 Å². The zero-order valence-corrected chi connectivity index (χ0v) is 22.0.